The molecule has 2 aromatic carbocycles. The first-order chi connectivity index (χ1) is 9.88. The molecule has 21 heavy (non-hydrogen) atoms. The molecule has 2 rings (SSSR count). The highest BCUT2D eigenvalue weighted by molar-refractivity contribution is 7.89. The molecular weight excluding hydrogens is 315 g/mol. The molecule has 2 aromatic rings. The number of hydrogen-bond acceptors (Lipinski definition) is 3. The van der Waals surface area contributed by atoms with Crippen molar-refractivity contribution in [2.24, 2.45) is 0 Å². The van der Waals surface area contributed by atoms with Gasteiger partial charge < -0.3 is 5.73 Å². The van der Waals surface area contributed by atoms with E-state index in [9.17, 15) is 12.8 Å². The summed E-state index contributed by atoms with van der Waals surface area (Å²) >= 11 is 5.85. The number of nitrogens with one attached hydrogen (secondary N) is 1. The second-order valence-electron chi connectivity index (χ2n) is 4.47. The third kappa shape index (κ3) is 4.17. The second-order valence-corrected chi connectivity index (χ2v) is 6.64. The molecule has 0 atom stereocenters. The molecule has 0 aliphatic carbocycles. The summed E-state index contributed by atoms with van der Waals surface area (Å²) in [6.07, 6.45) is 0.455. The number of anilines is 1. The van der Waals surface area contributed by atoms with E-state index in [1.807, 2.05) is 6.07 Å². The Balaban J connectivity index is 2.05. The molecule has 0 saturated heterocycles. The summed E-state index contributed by atoms with van der Waals surface area (Å²) in [5.74, 6) is -0.870. The molecule has 0 aliphatic rings. The summed E-state index contributed by atoms with van der Waals surface area (Å²) in [7, 11) is -3.90. The van der Waals surface area contributed by atoms with Gasteiger partial charge in [-0.1, -0.05) is 23.7 Å². The quantitative estimate of drug-likeness (QED) is 0.829. The van der Waals surface area contributed by atoms with Gasteiger partial charge >= 0.3 is 0 Å². The molecule has 112 valence electrons. The fraction of sp³-hybridized carbons (Fsp3) is 0.143. The van der Waals surface area contributed by atoms with E-state index in [-0.39, 0.29) is 12.2 Å². The average molecular weight is 329 g/mol. The molecule has 0 spiro atoms. The highest BCUT2D eigenvalue weighted by Gasteiger charge is 2.18. The number of benzene rings is 2. The van der Waals surface area contributed by atoms with Gasteiger partial charge in [-0.05, 0) is 42.3 Å². The Morgan fingerprint density at radius 3 is 2.62 bits per heavy atom. The zero-order valence-corrected chi connectivity index (χ0v) is 12.6. The summed E-state index contributed by atoms with van der Waals surface area (Å²) in [4.78, 5) is -0.414. The monoisotopic (exact) mass is 328 g/mol. The van der Waals surface area contributed by atoms with Crippen molar-refractivity contribution in [3.63, 3.8) is 0 Å². The molecule has 0 aromatic heterocycles. The number of hydrogen-bond donors (Lipinski definition) is 2. The van der Waals surface area contributed by atoms with Gasteiger partial charge in [0.1, 0.15) is 10.7 Å². The molecule has 0 bridgehead atoms. The van der Waals surface area contributed by atoms with Crippen molar-refractivity contribution >= 4 is 27.3 Å². The van der Waals surface area contributed by atoms with Crippen molar-refractivity contribution in [3.05, 3.63) is 58.9 Å². The number of rotatable bonds is 5. The average Bonchev–Trinajstić information content (AvgIpc) is 2.38. The van der Waals surface area contributed by atoms with Gasteiger partial charge in [-0.3, -0.25) is 0 Å². The van der Waals surface area contributed by atoms with Gasteiger partial charge in [-0.15, -0.1) is 0 Å². The van der Waals surface area contributed by atoms with Crippen LogP contribution in [0.5, 0.6) is 0 Å². The minimum absolute atomic E-state index is 0.145. The van der Waals surface area contributed by atoms with Crippen LogP contribution in [0.1, 0.15) is 5.56 Å². The maximum Gasteiger partial charge on any atom is 0.243 e. The summed E-state index contributed by atoms with van der Waals surface area (Å²) in [6, 6.07) is 10.6. The number of nitrogens with two attached hydrogens (primary N) is 1. The van der Waals surface area contributed by atoms with Crippen LogP contribution < -0.4 is 10.5 Å². The van der Waals surface area contributed by atoms with Gasteiger partial charge in [0.2, 0.25) is 10.0 Å². The zero-order valence-electron chi connectivity index (χ0n) is 11.0. The first-order valence-electron chi connectivity index (χ1n) is 6.17. The van der Waals surface area contributed by atoms with E-state index in [2.05, 4.69) is 4.72 Å². The van der Waals surface area contributed by atoms with Crippen LogP contribution in [0, 0.1) is 5.82 Å². The van der Waals surface area contributed by atoms with Crippen LogP contribution in [0.4, 0.5) is 10.1 Å². The summed E-state index contributed by atoms with van der Waals surface area (Å²) in [5.41, 5.74) is 6.46. The predicted molar refractivity (Wildman–Crippen MR) is 81.2 cm³/mol. The van der Waals surface area contributed by atoms with E-state index in [0.717, 1.165) is 17.7 Å². The lowest BCUT2D eigenvalue weighted by atomic mass is 10.2. The molecule has 0 amide bonds. The molecule has 0 saturated carbocycles. The largest absolute Gasteiger partial charge is 0.399 e. The first kappa shape index (κ1) is 15.8. The van der Waals surface area contributed by atoms with Crippen LogP contribution in [0.25, 0.3) is 0 Å². The number of halogens is 2. The van der Waals surface area contributed by atoms with Crippen LogP contribution in [-0.4, -0.2) is 15.0 Å². The van der Waals surface area contributed by atoms with Crippen molar-refractivity contribution in [2.45, 2.75) is 11.3 Å². The van der Waals surface area contributed by atoms with E-state index >= 15 is 0 Å². The van der Waals surface area contributed by atoms with Gasteiger partial charge in [-0.25, -0.2) is 17.5 Å². The highest BCUT2D eigenvalue weighted by Crippen LogP contribution is 2.17. The standard InChI is InChI=1S/C14H14ClFN2O2S/c15-11-3-1-2-10(8-11)6-7-18-21(19,20)14-5-4-12(17)9-13(14)16/h1-5,8-9,18H,6-7,17H2. The maximum atomic E-state index is 13.6. The Labute approximate surface area is 127 Å². The van der Waals surface area contributed by atoms with Gasteiger partial charge in [0.05, 0.1) is 0 Å². The van der Waals surface area contributed by atoms with E-state index in [4.69, 9.17) is 17.3 Å². The molecule has 4 nitrogen and oxygen atoms in total. The number of nitrogen functional groups attached to an aromatic ring is 1. The molecule has 3 N–H and O–H groups in total. The summed E-state index contributed by atoms with van der Waals surface area (Å²) < 4.78 is 40.0. The molecular formula is C14H14ClFN2O2S. The molecule has 0 radical (unpaired) electrons. The van der Waals surface area contributed by atoms with Crippen LogP contribution in [0.2, 0.25) is 5.02 Å². The Morgan fingerprint density at radius 1 is 1.19 bits per heavy atom. The smallest absolute Gasteiger partial charge is 0.243 e. The van der Waals surface area contributed by atoms with Crippen LogP contribution in [0.3, 0.4) is 0 Å². The Kier molecular flexibility index (Phi) is 4.82. The van der Waals surface area contributed by atoms with Crippen molar-refractivity contribution < 1.29 is 12.8 Å². The minimum atomic E-state index is -3.90. The van der Waals surface area contributed by atoms with E-state index in [1.54, 1.807) is 18.2 Å². The fourth-order valence-corrected chi connectivity index (χ4v) is 3.14. The van der Waals surface area contributed by atoms with Crippen LogP contribution in [0.15, 0.2) is 47.4 Å². The Morgan fingerprint density at radius 2 is 1.95 bits per heavy atom. The van der Waals surface area contributed by atoms with E-state index < -0.39 is 20.7 Å². The molecule has 0 fully saturated rings. The summed E-state index contributed by atoms with van der Waals surface area (Å²) in [5, 5.41) is 0.583. The molecule has 0 aliphatic heterocycles. The molecule has 7 heteroatoms. The van der Waals surface area contributed by atoms with Gasteiger partial charge in [0.25, 0.3) is 0 Å². The van der Waals surface area contributed by atoms with Crippen LogP contribution in [-0.2, 0) is 16.4 Å². The van der Waals surface area contributed by atoms with Gasteiger partial charge in [0, 0.05) is 17.3 Å². The normalized spacial score (nSPS) is 11.5. The third-order valence-corrected chi connectivity index (χ3v) is 4.57. The van der Waals surface area contributed by atoms with Gasteiger partial charge in [-0.2, -0.15) is 0 Å². The number of sulfonamides is 1. The molecule has 0 heterocycles. The summed E-state index contributed by atoms with van der Waals surface area (Å²) in [6.45, 7) is 0.145. The fourth-order valence-electron chi connectivity index (χ4n) is 1.83. The van der Waals surface area contributed by atoms with Crippen molar-refractivity contribution in [1.82, 2.24) is 4.72 Å². The van der Waals surface area contributed by atoms with E-state index in [0.29, 0.717) is 11.4 Å². The molecule has 0 unspecified atom stereocenters. The Bertz CT molecular complexity index is 750. The SMILES string of the molecule is Nc1ccc(S(=O)(=O)NCCc2cccc(Cl)c2)c(F)c1. The predicted octanol–water partition coefficient (Wildman–Crippen LogP) is 2.58. The third-order valence-electron chi connectivity index (χ3n) is 2.84. The van der Waals surface area contributed by atoms with Gasteiger partial charge in [0.15, 0.2) is 0 Å². The van der Waals surface area contributed by atoms with Crippen LogP contribution >= 0.6 is 11.6 Å². The second kappa shape index (κ2) is 6.43. The maximum absolute atomic E-state index is 13.6. The first-order valence-corrected chi connectivity index (χ1v) is 8.04. The van der Waals surface area contributed by atoms with Crippen molar-refractivity contribution in [1.29, 1.82) is 0 Å². The van der Waals surface area contributed by atoms with Crippen molar-refractivity contribution in [2.75, 3.05) is 12.3 Å². The minimum Gasteiger partial charge on any atom is -0.399 e. The lowest BCUT2D eigenvalue weighted by Gasteiger charge is -2.08. The highest BCUT2D eigenvalue weighted by atomic mass is 35.5. The topological polar surface area (TPSA) is 72.2 Å². The van der Waals surface area contributed by atoms with Crippen molar-refractivity contribution in [3.8, 4) is 0 Å². The Hall–Kier alpha value is -1.63. The lowest BCUT2D eigenvalue weighted by Crippen LogP contribution is -2.26. The van der Waals surface area contributed by atoms with E-state index in [1.165, 1.54) is 6.07 Å². The lowest BCUT2D eigenvalue weighted by molar-refractivity contribution is 0.557. The zero-order chi connectivity index (χ0) is 15.5.